The van der Waals surface area contributed by atoms with Gasteiger partial charge in [-0.05, 0) is 35.7 Å². The molecule has 0 spiro atoms. The molecular weight excluding hydrogens is 382 g/mol. The Labute approximate surface area is 171 Å². The molecule has 0 aliphatic heterocycles. The van der Waals surface area contributed by atoms with Gasteiger partial charge in [-0.2, -0.15) is 5.10 Å². The monoisotopic (exact) mass is 403 g/mol. The summed E-state index contributed by atoms with van der Waals surface area (Å²) in [7, 11) is 0. The zero-order chi connectivity index (χ0) is 19.8. The number of aromatic nitrogens is 4. The van der Waals surface area contributed by atoms with Crippen LogP contribution in [0.15, 0.2) is 54.9 Å². The molecule has 3 heterocycles. The van der Waals surface area contributed by atoms with Crippen molar-refractivity contribution in [2.45, 2.75) is 12.5 Å². The zero-order valence-corrected chi connectivity index (χ0v) is 16.5. The van der Waals surface area contributed by atoms with Crippen molar-refractivity contribution in [3.63, 3.8) is 0 Å². The number of fused-ring (bicyclic) bond motifs is 2. The predicted octanol–water partition coefficient (Wildman–Crippen LogP) is 3.73. The number of nitrogens with one attached hydrogen (secondary N) is 3. The molecule has 5 aromatic rings. The van der Waals surface area contributed by atoms with Crippen molar-refractivity contribution in [1.82, 2.24) is 20.2 Å². The molecule has 7 nitrogen and oxygen atoms in total. The summed E-state index contributed by atoms with van der Waals surface area (Å²) < 4.78 is 0. The number of hydrogen-bond acceptors (Lipinski definition) is 6. The number of benzene rings is 2. The van der Waals surface area contributed by atoms with Crippen molar-refractivity contribution in [2.24, 2.45) is 5.73 Å². The molecule has 8 heteroatoms. The molecule has 0 amide bonds. The average Bonchev–Trinajstić information content (AvgIpc) is 3.46. The third-order valence-corrected chi connectivity index (χ3v) is 6.06. The summed E-state index contributed by atoms with van der Waals surface area (Å²) in [6.07, 6.45) is 4.71. The Balaban J connectivity index is 1.25. The molecule has 0 bridgehead atoms. The summed E-state index contributed by atoms with van der Waals surface area (Å²) in [5, 5.41) is 13.3. The van der Waals surface area contributed by atoms with Gasteiger partial charge in [-0.1, -0.05) is 35.6 Å². The van der Waals surface area contributed by atoms with E-state index in [0.29, 0.717) is 12.4 Å². The highest BCUT2D eigenvalue weighted by Crippen LogP contribution is 2.32. The molecule has 0 radical (unpaired) electrons. The van der Waals surface area contributed by atoms with Crippen LogP contribution in [-0.4, -0.2) is 32.8 Å². The Kier molecular flexibility index (Phi) is 4.42. The lowest BCUT2D eigenvalue weighted by molar-refractivity contribution is 0.702. The number of thiazole rings is 1. The zero-order valence-electron chi connectivity index (χ0n) is 15.6. The van der Waals surface area contributed by atoms with Crippen LogP contribution < -0.4 is 16.8 Å². The summed E-state index contributed by atoms with van der Waals surface area (Å²) in [5.41, 5.74) is 16.7. The summed E-state index contributed by atoms with van der Waals surface area (Å²) in [6, 6.07) is 14.3. The molecule has 1 atom stereocenters. The van der Waals surface area contributed by atoms with Crippen LogP contribution in [0.2, 0.25) is 0 Å². The Hall–Kier alpha value is -3.36. The predicted molar refractivity (Wildman–Crippen MR) is 120 cm³/mol. The largest absolute Gasteiger partial charge is 0.382 e. The van der Waals surface area contributed by atoms with Crippen molar-refractivity contribution < 1.29 is 0 Å². The second-order valence-corrected chi connectivity index (χ2v) is 8.13. The molecule has 2 aromatic carbocycles. The van der Waals surface area contributed by atoms with E-state index >= 15 is 0 Å². The Morgan fingerprint density at radius 2 is 2.00 bits per heavy atom. The lowest BCUT2D eigenvalue weighted by atomic mass is 10.1. The van der Waals surface area contributed by atoms with Gasteiger partial charge in [0.1, 0.15) is 0 Å². The van der Waals surface area contributed by atoms with Crippen molar-refractivity contribution >= 4 is 44.1 Å². The van der Waals surface area contributed by atoms with E-state index in [1.807, 2.05) is 36.7 Å². The van der Waals surface area contributed by atoms with E-state index in [2.05, 4.69) is 43.7 Å². The van der Waals surface area contributed by atoms with Crippen molar-refractivity contribution in [2.75, 3.05) is 17.6 Å². The molecule has 5 rings (SSSR count). The van der Waals surface area contributed by atoms with E-state index in [9.17, 15) is 0 Å². The fourth-order valence-corrected chi connectivity index (χ4v) is 4.37. The summed E-state index contributed by atoms with van der Waals surface area (Å²) in [4.78, 5) is 8.86. The third kappa shape index (κ3) is 3.43. The molecule has 146 valence electrons. The molecule has 7 N–H and O–H groups in total. The minimum Gasteiger partial charge on any atom is -0.382 e. The average molecular weight is 404 g/mol. The van der Waals surface area contributed by atoms with Crippen LogP contribution in [0, 0.1) is 0 Å². The topological polar surface area (TPSA) is 121 Å². The highest BCUT2D eigenvalue weighted by Gasteiger charge is 2.11. The first kappa shape index (κ1) is 17.7. The van der Waals surface area contributed by atoms with E-state index in [0.717, 1.165) is 38.4 Å². The first-order valence-corrected chi connectivity index (χ1v) is 10.2. The third-order valence-electron chi connectivity index (χ3n) is 5.06. The number of hydrogen-bond donors (Lipinski definition) is 5. The highest BCUT2D eigenvalue weighted by atomic mass is 32.1. The first-order chi connectivity index (χ1) is 14.2. The number of rotatable bonds is 6. The number of para-hydroxylation sites is 1. The maximum Gasteiger partial charge on any atom is 0.183 e. The van der Waals surface area contributed by atoms with Gasteiger partial charge in [-0.25, -0.2) is 4.98 Å². The normalized spacial score (nSPS) is 12.6. The van der Waals surface area contributed by atoms with Crippen LogP contribution in [0.25, 0.3) is 32.2 Å². The first-order valence-electron chi connectivity index (χ1n) is 9.41. The number of anilines is 2. The highest BCUT2D eigenvalue weighted by molar-refractivity contribution is 7.18. The number of nitrogen functional groups attached to an aromatic ring is 1. The Bertz CT molecular complexity index is 1280. The molecule has 0 saturated carbocycles. The van der Waals surface area contributed by atoms with Crippen LogP contribution in [-0.2, 0) is 6.42 Å². The van der Waals surface area contributed by atoms with E-state index in [4.69, 9.17) is 11.5 Å². The quantitative estimate of drug-likeness (QED) is 0.296. The van der Waals surface area contributed by atoms with Crippen LogP contribution >= 0.6 is 11.3 Å². The van der Waals surface area contributed by atoms with Gasteiger partial charge in [-0.15, -0.1) is 0 Å². The van der Waals surface area contributed by atoms with Crippen LogP contribution in [0.1, 0.15) is 5.56 Å². The second kappa shape index (κ2) is 7.23. The lowest BCUT2D eigenvalue weighted by Gasteiger charge is -2.11. The van der Waals surface area contributed by atoms with Gasteiger partial charge in [0.2, 0.25) is 0 Å². The van der Waals surface area contributed by atoms with Crippen LogP contribution in [0.3, 0.4) is 0 Å². The molecule has 0 aliphatic carbocycles. The lowest BCUT2D eigenvalue weighted by Crippen LogP contribution is -2.31. The standard InChI is InChI=1S/C21H21N7S/c22-14(7-13-9-24-17-4-2-1-3-15(13)17)10-25-21-26-11-19(29-21)12-5-6-18-16(8-12)20(23)28-27-18/h1-6,8-9,11,14,24H,7,10,22H2,(H,25,26)(H3,23,27,28)/t14-/m0/s1. The summed E-state index contributed by atoms with van der Waals surface area (Å²) >= 11 is 1.60. The van der Waals surface area contributed by atoms with Crippen molar-refractivity contribution in [3.8, 4) is 10.4 Å². The minimum atomic E-state index is -0.0105. The Morgan fingerprint density at radius 1 is 1.10 bits per heavy atom. The smallest absolute Gasteiger partial charge is 0.183 e. The van der Waals surface area contributed by atoms with E-state index in [-0.39, 0.29) is 6.04 Å². The van der Waals surface area contributed by atoms with Gasteiger partial charge in [0.05, 0.1) is 10.4 Å². The summed E-state index contributed by atoms with van der Waals surface area (Å²) in [6.45, 7) is 0.653. The van der Waals surface area contributed by atoms with Gasteiger partial charge in [-0.3, -0.25) is 5.10 Å². The molecule has 3 aromatic heterocycles. The number of nitrogens with two attached hydrogens (primary N) is 2. The maximum atomic E-state index is 6.36. The van der Waals surface area contributed by atoms with Crippen molar-refractivity contribution in [3.05, 3.63) is 60.4 Å². The fraction of sp³-hybridized carbons (Fsp3) is 0.143. The van der Waals surface area contributed by atoms with Gasteiger partial charge in [0.25, 0.3) is 0 Å². The van der Waals surface area contributed by atoms with Crippen molar-refractivity contribution in [1.29, 1.82) is 0 Å². The van der Waals surface area contributed by atoms with Gasteiger partial charge in [0, 0.05) is 41.3 Å². The molecule has 0 unspecified atom stereocenters. The number of H-pyrrole nitrogens is 2. The van der Waals surface area contributed by atoms with E-state index in [1.54, 1.807) is 11.3 Å². The summed E-state index contributed by atoms with van der Waals surface area (Å²) in [5.74, 6) is 0.507. The SMILES string of the molecule is Nc1n[nH]c2ccc(-c3cnc(NC[C@@H](N)Cc4c[nH]c5ccccc45)s3)cc12. The van der Waals surface area contributed by atoms with Gasteiger partial charge in [0.15, 0.2) is 10.9 Å². The number of aromatic amines is 2. The van der Waals surface area contributed by atoms with Crippen LogP contribution in [0.4, 0.5) is 10.9 Å². The molecule has 0 aliphatic rings. The maximum absolute atomic E-state index is 6.36. The molecular formula is C21H21N7S. The molecule has 0 saturated heterocycles. The van der Waals surface area contributed by atoms with Crippen LogP contribution in [0.5, 0.6) is 0 Å². The Morgan fingerprint density at radius 3 is 2.93 bits per heavy atom. The van der Waals surface area contributed by atoms with E-state index < -0.39 is 0 Å². The molecule has 0 fully saturated rings. The second-order valence-electron chi connectivity index (χ2n) is 7.10. The van der Waals surface area contributed by atoms with E-state index in [1.165, 1.54) is 10.9 Å². The number of nitrogens with zero attached hydrogens (tertiary/aromatic N) is 2. The van der Waals surface area contributed by atoms with Gasteiger partial charge >= 0.3 is 0 Å². The van der Waals surface area contributed by atoms with Gasteiger partial charge < -0.3 is 21.8 Å². The molecule has 29 heavy (non-hydrogen) atoms. The fourth-order valence-electron chi connectivity index (χ4n) is 3.55. The minimum absolute atomic E-state index is 0.0105.